The first-order valence-electron chi connectivity index (χ1n) is 11.7. The molecular formula is C26H25N7O2. The number of hydrogen-bond donors (Lipinski definition) is 1. The number of rotatable bonds is 6. The third-order valence-electron chi connectivity index (χ3n) is 6.68. The van der Waals surface area contributed by atoms with Gasteiger partial charge in [0.05, 0.1) is 11.2 Å². The van der Waals surface area contributed by atoms with Crippen LogP contribution in [0.3, 0.4) is 0 Å². The Hall–Kier alpha value is -4.27. The number of nitrogens with zero attached hydrogens (tertiary/aromatic N) is 6. The number of nitrogen functional groups attached to an aromatic ring is 1. The van der Waals surface area contributed by atoms with E-state index in [1.54, 1.807) is 29.6 Å². The average Bonchev–Trinajstić information content (AvgIpc) is 3.49. The molecule has 1 aliphatic carbocycles. The summed E-state index contributed by atoms with van der Waals surface area (Å²) in [6.07, 6.45) is 9.79. The average molecular weight is 468 g/mol. The molecular weight excluding hydrogens is 442 g/mol. The third kappa shape index (κ3) is 3.99. The molecule has 1 amide bonds. The van der Waals surface area contributed by atoms with Crippen LogP contribution in [0, 0.1) is 0 Å². The van der Waals surface area contributed by atoms with Gasteiger partial charge in [0.25, 0.3) is 0 Å². The molecule has 1 saturated heterocycles. The molecule has 2 N–H and O–H groups in total. The number of pyridine rings is 2. The highest BCUT2D eigenvalue weighted by molar-refractivity contribution is 5.87. The maximum Gasteiger partial charge on any atom is 0.245 e. The quantitative estimate of drug-likeness (QED) is 0.428. The van der Waals surface area contributed by atoms with Crippen molar-refractivity contribution in [2.24, 2.45) is 0 Å². The number of likely N-dealkylation sites (tertiary alicyclic amines) is 1. The van der Waals surface area contributed by atoms with Gasteiger partial charge in [0.1, 0.15) is 5.82 Å². The number of hydrogen-bond acceptors (Lipinski definition) is 7. The minimum atomic E-state index is -0.0608. The summed E-state index contributed by atoms with van der Waals surface area (Å²) in [7, 11) is 0. The first kappa shape index (κ1) is 21.3. The van der Waals surface area contributed by atoms with Crippen molar-refractivity contribution in [2.45, 2.75) is 31.1 Å². The Morgan fingerprint density at radius 2 is 1.91 bits per heavy atom. The highest BCUT2D eigenvalue weighted by Crippen LogP contribution is 2.41. The second-order valence-corrected chi connectivity index (χ2v) is 9.01. The highest BCUT2D eigenvalue weighted by Gasteiger charge is 2.30. The summed E-state index contributed by atoms with van der Waals surface area (Å²) in [5.41, 5.74) is 10.1. The molecule has 1 unspecified atom stereocenters. The number of ether oxygens (including phenoxy) is 1. The van der Waals surface area contributed by atoms with E-state index in [0.717, 1.165) is 23.2 Å². The summed E-state index contributed by atoms with van der Waals surface area (Å²) in [5, 5.41) is 0. The smallest absolute Gasteiger partial charge is 0.245 e. The van der Waals surface area contributed by atoms with E-state index in [1.807, 2.05) is 28.7 Å². The van der Waals surface area contributed by atoms with Gasteiger partial charge >= 0.3 is 0 Å². The molecule has 176 valence electrons. The topological polar surface area (TPSA) is 112 Å². The van der Waals surface area contributed by atoms with Crippen LogP contribution in [0.15, 0.2) is 61.6 Å². The molecule has 1 aliphatic heterocycles. The lowest BCUT2D eigenvalue weighted by atomic mass is 10.0. The minimum Gasteiger partial charge on any atom is -0.421 e. The Balaban J connectivity index is 1.30. The molecule has 5 heterocycles. The Morgan fingerprint density at radius 1 is 1.06 bits per heavy atom. The van der Waals surface area contributed by atoms with Crippen molar-refractivity contribution in [3.05, 3.63) is 72.8 Å². The molecule has 4 aromatic rings. The SMILES string of the molecule is C=CC(=O)N1CCC(c2nc(-c3ccc(Oc4cc(C5CC5)ccn4)nc3)n3c(N)nccc23)C1. The van der Waals surface area contributed by atoms with Gasteiger partial charge in [0.2, 0.25) is 23.6 Å². The lowest BCUT2D eigenvalue weighted by Crippen LogP contribution is -2.26. The molecule has 1 atom stereocenters. The zero-order valence-electron chi connectivity index (χ0n) is 19.2. The van der Waals surface area contributed by atoms with Crippen molar-refractivity contribution in [2.75, 3.05) is 18.8 Å². The summed E-state index contributed by atoms with van der Waals surface area (Å²) in [5.74, 6) is 2.66. The number of fused-ring (bicyclic) bond motifs is 1. The van der Waals surface area contributed by atoms with Gasteiger partial charge in [0.15, 0.2) is 0 Å². The first-order valence-corrected chi connectivity index (χ1v) is 11.7. The van der Waals surface area contributed by atoms with E-state index in [-0.39, 0.29) is 11.8 Å². The summed E-state index contributed by atoms with van der Waals surface area (Å²) in [4.78, 5) is 31.9. The van der Waals surface area contributed by atoms with E-state index < -0.39 is 0 Å². The summed E-state index contributed by atoms with van der Waals surface area (Å²) in [6.45, 7) is 4.87. The molecule has 0 spiro atoms. The highest BCUT2D eigenvalue weighted by atomic mass is 16.5. The molecule has 6 rings (SSSR count). The molecule has 0 bridgehead atoms. The van der Waals surface area contributed by atoms with Gasteiger partial charge in [-0.25, -0.2) is 19.9 Å². The molecule has 35 heavy (non-hydrogen) atoms. The van der Waals surface area contributed by atoms with E-state index in [4.69, 9.17) is 15.5 Å². The number of carbonyl (C=O) groups is 1. The Kier molecular flexibility index (Phi) is 5.17. The van der Waals surface area contributed by atoms with Crippen LogP contribution in [-0.4, -0.2) is 48.2 Å². The van der Waals surface area contributed by atoms with Crippen LogP contribution in [0.1, 0.15) is 42.4 Å². The molecule has 1 saturated carbocycles. The zero-order chi connectivity index (χ0) is 23.9. The van der Waals surface area contributed by atoms with E-state index in [2.05, 4.69) is 21.5 Å². The maximum atomic E-state index is 12.1. The number of carbonyl (C=O) groups excluding carboxylic acids is 1. The van der Waals surface area contributed by atoms with Gasteiger partial charge in [-0.05, 0) is 55.0 Å². The van der Waals surface area contributed by atoms with Crippen LogP contribution in [0.25, 0.3) is 16.9 Å². The number of imidazole rings is 1. The monoisotopic (exact) mass is 467 g/mol. The Morgan fingerprint density at radius 3 is 2.69 bits per heavy atom. The van der Waals surface area contributed by atoms with Crippen molar-refractivity contribution in [3.63, 3.8) is 0 Å². The lowest BCUT2D eigenvalue weighted by molar-refractivity contribution is -0.125. The summed E-state index contributed by atoms with van der Waals surface area (Å²) < 4.78 is 7.74. The van der Waals surface area contributed by atoms with Gasteiger partial charge in [-0.3, -0.25) is 9.20 Å². The number of amides is 1. The van der Waals surface area contributed by atoms with Crippen molar-refractivity contribution in [1.29, 1.82) is 0 Å². The Labute approximate surface area is 202 Å². The fourth-order valence-electron chi connectivity index (χ4n) is 4.72. The molecule has 9 nitrogen and oxygen atoms in total. The summed E-state index contributed by atoms with van der Waals surface area (Å²) >= 11 is 0. The summed E-state index contributed by atoms with van der Waals surface area (Å²) in [6, 6.07) is 9.63. The predicted molar refractivity (Wildman–Crippen MR) is 131 cm³/mol. The normalized spacial score (nSPS) is 17.6. The van der Waals surface area contributed by atoms with Gasteiger partial charge in [0, 0.05) is 55.3 Å². The molecule has 4 aromatic heterocycles. The fraction of sp³-hybridized carbons (Fsp3) is 0.269. The molecule has 2 aliphatic rings. The fourth-order valence-corrected chi connectivity index (χ4v) is 4.72. The first-order chi connectivity index (χ1) is 17.1. The van der Waals surface area contributed by atoms with Gasteiger partial charge < -0.3 is 15.4 Å². The van der Waals surface area contributed by atoms with Crippen molar-refractivity contribution in [3.8, 4) is 23.1 Å². The van der Waals surface area contributed by atoms with E-state index in [9.17, 15) is 4.79 Å². The van der Waals surface area contributed by atoms with E-state index in [1.165, 1.54) is 24.5 Å². The second kappa shape index (κ2) is 8.50. The van der Waals surface area contributed by atoms with E-state index in [0.29, 0.717) is 42.5 Å². The molecule has 2 fully saturated rings. The second-order valence-electron chi connectivity index (χ2n) is 9.01. The molecule has 0 aromatic carbocycles. The van der Waals surface area contributed by atoms with Gasteiger partial charge in [-0.15, -0.1) is 0 Å². The Bertz CT molecular complexity index is 1430. The van der Waals surface area contributed by atoms with Gasteiger partial charge in [-0.2, -0.15) is 0 Å². The van der Waals surface area contributed by atoms with Crippen molar-refractivity contribution < 1.29 is 9.53 Å². The molecule has 0 radical (unpaired) electrons. The largest absolute Gasteiger partial charge is 0.421 e. The van der Waals surface area contributed by atoms with Crippen molar-refractivity contribution in [1.82, 2.24) is 29.2 Å². The van der Waals surface area contributed by atoms with Crippen LogP contribution in [0.4, 0.5) is 5.95 Å². The standard InChI is InChI=1S/C26H25N7O2/c1-2-23(34)32-12-9-19(15-32)24-20-8-11-29-26(27)33(20)25(31-24)18-5-6-21(30-14-18)35-22-13-17(7-10-28-22)16-3-4-16/h2,5-8,10-11,13-14,16,19H,1,3-4,9,12,15H2,(H2,27,29). The van der Waals surface area contributed by atoms with Crippen LogP contribution >= 0.6 is 0 Å². The van der Waals surface area contributed by atoms with Gasteiger partial charge in [-0.1, -0.05) is 6.58 Å². The number of aromatic nitrogens is 5. The van der Waals surface area contributed by atoms with Crippen LogP contribution < -0.4 is 10.5 Å². The molecule has 9 heteroatoms. The van der Waals surface area contributed by atoms with E-state index >= 15 is 0 Å². The number of nitrogens with two attached hydrogens (primary N) is 1. The predicted octanol–water partition coefficient (Wildman–Crippen LogP) is 3.94. The maximum absolute atomic E-state index is 12.1. The zero-order valence-corrected chi connectivity index (χ0v) is 19.2. The van der Waals surface area contributed by atoms with Crippen LogP contribution in [0.2, 0.25) is 0 Å². The van der Waals surface area contributed by atoms with Crippen LogP contribution in [-0.2, 0) is 4.79 Å². The van der Waals surface area contributed by atoms with Crippen LogP contribution in [0.5, 0.6) is 11.8 Å². The number of anilines is 1. The minimum absolute atomic E-state index is 0.0608. The van der Waals surface area contributed by atoms with Crippen molar-refractivity contribution >= 4 is 17.4 Å². The lowest BCUT2D eigenvalue weighted by Gasteiger charge is -2.13. The third-order valence-corrected chi connectivity index (χ3v) is 6.68.